The zero-order valence-corrected chi connectivity index (χ0v) is 10.2. The highest BCUT2D eigenvalue weighted by molar-refractivity contribution is 5.84. The maximum absolute atomic E-state index is 12.9. The van der Waals surface area contributed by atoms with E-state index in [2.05, 4.69) is 0 Å². The molecule has 0 radical (unpaired) electrons. The number of carbonyl (C=O) groups excluding carboxylic acids is 1. The molecule has 0 aromatic carbocycles. The zero-order valence-electron chi connectivity index (χ0n) is 10.2. The molecule has 1 amide bonds. The Hall–Kier alpha value is -0.880. The van der Waals surface area contributed by atoms with Crippen LogP contribution in [0, 0.1) is 5.92 Å². The van der Waals surface area contributed by atoms with Crippen molar-refractivity contribution in [2.24, 2.45) is 5.92 Å². The summed E-state index contributed by atoms with van der Waals surface area (Å²) in [5.41, 5.74) is 0. The highest BCUT2D eigenvalue weighted by Crippen LogP contribution is 2.38. The molecule has 2 unspecified atom stereocenters. The van der Waals surface area contributed by atoms with Gasteiger partial charge in [0.15, 0.2) is 0 Å². The van der Waals surface area contributed by atoms with E-state index in [1.54, 1.807) is 6.92 Å². The molecule has 1 fully saturated rings. The van der Waals surface area contributed by atoms with Crippen LogP contribution in [0.15, 0.2) is 0 Å². The number of halogens is 5. The van der Waals surface area contributed by atoms with Crippen LogP contribution in [0.1, 0.15) is 32.6 Å². The summed E-state index contributed by atoms with van der Waals surface area (Å²) in [6.45, 7) is 1.76. The Kier molecular flexibility index (Phi) is 4.23. The van der Waals surface area contributed by atoms with Gasteiger partial charge in [-0.1, -0.05) is 19.8 Å². The van der Waals surface area contributed by atoms with Gasteiger partial charge in [0, 0.05) is 13.1 Å². The fourth-order valence-corrected chi connectivity index (χ4v) is 2.37. The summed E-state index contributed by atoms with van der Waals surface area (Å²) in [5, 5.41) is 0. The molecule has 0 aromatic heterocycles. The van der Waals surface area contributed by atoms with Gasteiger partial charge in [-0.25, -0.2) is 0 Å². The smallest absolute Gasteiger partial charge is 0.337 e. The van der Waals surface area contributed by atoms with Gasteiger partial charge in [-0.05, 0) is 18.8 Å². The first-order valence-corrected chi connectivity index (χ1v) is 5.81. The average molecular weight is 273 g/mol. The Morgan fingerprint density at radius 3 is 2.06 bits per heavy atom. The van der Waals surface area contributed by atoms with Gasteiger partial charge in [-0.3, -0.25) is 4.79 Å². The van der Waals surface area contributed by atoms with E-state index < -0.39 is 24.0 Å². The molecule has 18 heavy (non-hydrogen) atoms. The summed E-state index contributed by atoms with van der Waals surface area (Å²) in [6, 6.07) is -0.542. The maximum Gasteiger partial charge on any atom is 0.463 e. The number of alkyl halides is 5. The van der Waals surface area contributed by atoms with Crippen LogP contribution in [0.5, 0.6) is 0 Å². The van der Waals surface area contributed by atoms with E-state index in [-0.39, 0.29) is 5.92 Å². The van der Waals surface area contributed by atoms with Gasteiger partial charge < -0.3 is 4.90 Å². The van der Waals surface area contributed by atoms with Crippen molar-refractivity contribution in [3.63, 3.8) is 0 Å². The molecule has 0 N–H and O–H groups in total. The van der Waals surface area contributed by atoms with Crippen LogP contribution < -0.4 is 0 Å². The molecule has 1 aliphatic rings. The molecule has 1 aliphatic carbocycles. The van der Waals surface area contributed by atoms with Crippen molar-refractivity contribution in [2.75, 3.05) is 7.05 Å². The predicted molar refractivity (Wildman–Crippen MR) is 55.2 cm³/mol. The third kappa shape index (κ3) is 2.75. The Morgan fingerprint density at radius 1 is 1.11 bits per heavy atom. The summed E-state index contributed by atoms with van der Waals surface area (Å²) < 4.78 is 62.2. The van der Waals surface area contributed by atoms with Crippen molar-refractivity contribution in [3.05, 3.63) is 0 Å². The lowest BCUT2D eigenvalue weighted by Gasteiger charge is -2.37. The van der Waals surface area contributed by atoms with E-state index in [0.29, 0.717) is 11.3 Å². The highest BCUT2D eigenvalue weighted by atomic mass is 19.4. The second-order valence-electron chi connectivity index (χ2n) is 4.82. The maximum atomic E-state index is 12.9. The number of hydrogen-bond acceptors (Lipinski definition) is 1. The van der Waals surface area contributed by atoms with Crippen LogP contribution in [0.25, 0.3) is 0 Å². The van der Waals surface area contributed by atoms with E-state index in [1.165, 1.54) is 0 Å². The number of nitrogens with zero attached hydrogens (tertiary/aromatic N) is 1. The lowest BCUT2D eigenvalue weighted by molar-refractivity contribution is -0.275. The Balaban J connectivity index is 2.83. The van der Waals surface area contributed by atoms with Crippen molar-refractivity contribution in [1.29, 1.82) is 0 Å². The fraction of sp³-hybridized carbons (Fsp3) is 0.909. The molecule has 1 rings (SSSR count). The standard InChI is InChI=1S/C11H16F5NO/c1-7-5-3-4-6-8(7)17(2)9(18)10(12,13)11(14,15)16/h7-8H,3-6H2,1-2H3. The van der Waals surface area contributed by atoms with Gasteiger partial charge >= 0.3 is 18.0 Å². The molecular weight excluding hydrogens is 257 g/mol. The van der Waals surface area contributed by atoms with Gasteiger partial charge in [0.25, 0.3) is 0 Å². The Bertz CT molecular complexity index is 315. The van der Waals surface area contributed by atoms with Gasteiger partial charge in [-0.15, -0.1) is 0 Å². The molecule has 1 saturated carbocycles. The second-order valence-corrected chi connectivity index (χ2v) is 4.82. The summed E-state index contributed by atoms with van der Waals surface area (Å²) >= 11 is 0. The number of rotatable bonds is 2. The minimum Gasteiger partial charge on any atom is -0.337 e. The normalized spacial score (nSPS) is 25.9. The molecule has 0 bridgehead atoms. The predicted octanol–water partition coefficient (Wildman–Crippen LogP) is 3.22. The summed E-state index contributed by atoms with van der Waals surface area (Å²) in [4.78, 5) is 11.9. The molecule has 2 atom stereocenters. The molecule has 2 nitrogen and oxygen atoms in total. The van der Waals surface area contributed by atoms with Crippen LogP contribution in [0.2, 0.25) is 0 Å². The monoisotopic (exact) mass is 273 g/mol. The average Bonchev–Trinajstić information content (AvgIpc) is 2.26. The third-order valence-electron chi connectivity index (χ3n) is 3.51. The fourth-order valence-electron chi connectivity index (χ4n) is 2.37. The van der Waals surface area contributed by atoms with E-state index in [9.17, 15) is 26.7 Å². The molecule has 0 spiro atoms. The molecule has 0 aromatic rings. The van der Waals surface area contributed by atoms with Crippen LogP contribution in [0.4, 0.5) is 22.0 Å². The Labute approximate surface area is 102 Å². The summed E-state index contributed by atoms with van der Waals surface area (Å²) in [5.74, 6) is -7.52. The van der Waals surface area contributed by atoms with E-state index in [0.717, 1.165) is 26.3 Å². The SMILES string of the molecule is CC1CCCCC1N(C)C(=O)C(F)(F)C(F)(F)F. The molecule has 0 saturated heterocycles. The van der Waals surface area contributed by atoms with Crippen molar-refractivity contribution in [3.8, 4) is 0 Å². The van der Waals surface area contributed by atoms with Crippen LogP contribution in [0.3, 0.4) is 0 Å². The van der Waals surface area contributed by atoms with Crippen molar-refractivity contribution in [1.82, 2.24) is 4.90 Å². The number of carbonyl (C=O) groups is 1. The molecule has 0 aliphatic heterocycles. The van der Waals surface area contributed by atoms with Crippen molar-refractivity contribution < 1.29 is 26.7 Å². The van der Waals surface area contributed by atoms with Crippen molar-refractivity contribution in [2.45, 2.75) is 50.7 Å². The first-order chi connectivity index (χ1) is 8.09. The first-order valence-electron chi connectivity index (χ1n) is 5.81. The molecule has 106 valence electrons. The van der Waals surface area contributed by atoms with E-state index >= 15 is 0 Å². The molecular formula is C11H16F5NO. The first kappa shape index (κ1) is 15.2. The zero-order chi connectivity index (χ0) is 14.1. The minimum absolute atomic E-state index is 0.0586. The van der Waals surface area contributed by atoms with Crippen LogP contribution in [-0.2, 0) is 4.79 Å². The van der Waals surface area contributed by atoms with E-state index in [4.69, 9.17) is 0 Å². The van der Waals surface area contributed by atoms with Crippen molar-refractivity contribution >= 4 is 5.91 Å². The highest BCUT2D eigenvalue weighted by Gasteiger charge is 2.64. The van der Waals surface area contributed by atoms with Gasteiger partial charge in [0.2, 0.25) is 0 Å². The lowest BCUT2D eigenvalue weighted by Crippen LogP contribution is -2.55. The number of amides is 1. The van der Waals surface area contributed by atoms with E-state index in [1.807, 2.05) is 0 Å². The Morgan fingerprint density at radius 2 is 1.61 bits per heavy atom. The minimum atomic E-state index is -5.84. The topological polar surface area (TPSA) is 20.3 Å². The van der Waals surface area contributed by atoms with Gasteiger partial charge in [0.05, 0.1) is 0 Å². The summed E-state index contributed by atoms with van der Waals surface area (Å²) in [7, 11) is 1.02. The lowest BCUT2D eigenvalue weighted by atomic mass is 9.85. The third-order valence-corrected chi connectivity index (χ3v) is 3.51. The van der Waals surface area contributed by atoms with Crippen LogP contribution in [-0.4, -0.2) is 36.0 Å². The quantitative estimate of drug-likeness (QED) is 0.707. The molecule has 0 heterocycles. The van der Waals surface area contributed by atoms with Gasteiger partial charge in [-0.2, -0.15) is 22.0 Å². The molecule has 7 heteroatoms. The largest absolute Gasteiger partial charge is 0.463 e. The van der Waals surface area contributed by atoms with Crippen LogP contribution >= 0.6 is 0 Å². The second kappa shape index (κ2) is 5.01. The summed E-state index contributed by atoms with van der Waals surface area (Å²) in [6.07, 6.45) is -2.98. The van der Waals surface area contributed by atoms with Gasteiger partial charge in [0.1, 0.15) is 0 Å². The number of hydrogen-bond donors (Lipinski definition) is 0.